The monoisotopic (exact) mass is 190 g/mol. The average Bonchev–Trinajstić information content (AvgIpc) is 2.68. The number of nitrogens with zero attached hydrogens (tertiary/aromatic N) is 1. The maximum atomic E-state index is 8.85. The van der Waals surface area contributed by atoms with Gasteiger partial charge in [0.25, 0.3) is 0 Å². The molecule has 0 radical (unpaired) electrons. The minimum Gasteiger partial charge on any atom is -0.362 e. The van der Waals surface area contributed by atoms with Gasteiger partial charge in [0.1, 0.15) is 0 Å². The summed E-state index contributed by atoms with van der Waals surface area (Å²) >= 11 is 0. The highest BCUT2D eigenvalue weighted by atomic mass is 16.5. The molecule has 0 fully saturated rings. The lowest BCUT2D eigenvalue weighted by Gasteiger charge is -1.97. The number of nitrogens with one attached hydrogen (secondary N) is 1. The van der Waals surface area contributed by atoms with Crippen LogP contribution in [0.3, 0.4) is 0 Å². The molecule has 0 aliphatic rings. The summed E-state index contributed by atoms with van der Waals surface area (Å²) < 4.78 is 0. The van der Waals surface area contributed by atoms with Crippen molar-refractivity contribution in [3.05, 3.63) is 42.4 Å². The normalized spacial score (nSPS) is 10.8. The minimum absolute atomic E-state index is 0.156. The molecule has 1 aromatic carbocycles. The lowest BCUT2D eigenvalue weighted by molar-refractivity contribution is -0.0487. The van der Waals surface area contributed by atoms with Gasteiger partial charge in [0, 0.05) is 0 Å². The highest BCUT2D eigenvalue weighted by Crippen LogP contribution is 2.17. The first kappa shape index (κ1) is 8.93. The molecule has 0 aliphatic heterocycles. The molecule has 0 unspecified atom stereocenters. The van der Waals surface area contributed by atoms with E-state index in [-0.39, 0.29) is 5.82 Å². The third-order valence-electron chi connectivity index (χ3n) is 1.92. The molecule has 2 rings (SSSR count). The molecule has 4 heteroatoms. The van der Waals surface area contributed by atoms with E-state index in [2.05, 4.69) is 9.97 Å². The Morgan fingerprint density at radius 1 is 1.14 bits per heavy atom. The number of aliphatic hydroxyl groups excluding tert-OH is 1. The van der Waals surface area contributed by atoms with E-state index in [1.807, 2.05) is 30.3 Å². The summed E-state index contributed by atoms with van der Waals surface area (Å²) in [5.41, 5.74) is 1.74. The summed E-state index contributed by atoms with van der Waals surface area (Å²) in [7, 11) is 0. The van der Waals surface area contributed by atoms with Gasteiger partial charge in [-0.3, -0.25) is 0 Å². The predicted molar refractivity (Wildman–Crippen MR) is 51.2 cm³/mol. The van der Waals surface area contributed by atoms with Crippen molar-refractivity contribution < 1.29 is 10.2 Å². The van der Waals surface area contributed by atoms with Gasteiger partial charge >= 0.3 is 0 Å². The first-order valence-electron chi connectivity index (χ1n) is 4.24. The van der Waals surface area contributed by atoms with Crippen LogP contribution in [0, 0.1) is 0 Å². The molecule has 3 N–H and O–H groups in total. The van der Waals surface area contributed by atoms with Gasteiger partial charge in [0.05, 0.1) is 11.9 Å². The van der Waals surface area contributed by atoms with Crippen LogP contribution in [0.4, 0.5) is 0 Å². The third-order valence-corrected chi connectivity index (χ3v) is 1.92. The van der Waals surface area contributed by atoms with Crippen molar-refractivity contribution in [1.82, 2.24) is 9.97 Å². The van der Waals surface area contributed by atoms with Crippen LogP contribution in [-0.4, -0.2) is 20.2 Å². The summed E-state index contributed by atoms with van der Waals surface area (Å²) in [5.74, 6) is 0.156. The summed E-state index contributed by atoms with van der Waals surface area (Å²) in [5, 5.41) is 17.7. The second kappa shape index (κ2) is 3.61. The smallest absolute Gasteiger partial charge is 0.212 e. The third kappa shape index (κ3) is 1.66. The summed E-state index contributed by atoms with van der Waals surface area (Å²) in [6, 6.07) is 9.57. The molecule has 14 heavy (non-hydrogen) atoms. The van der Waals surface area contributed by atoms with E-state index in [1.54, 1.807) is 6.20 Å². The van der Waals surface area contributed by atoms with E-state index >= 15 is 0 Å². The lowest BCUT2D eigenvalue weighted by atomic mass is 10.2. The predicted octanol–water partition coefficient (Wildman–Crippen LogP) is 1.06. The standard InChI is InChI=1S/C10H10N2O2/c13-10(14)9-11-6-8(12-9)7-4-2-1-3-5-7/h1-6,10,13-14H,(H,11,12). The number of imidazole rings is 1. The zero-order valence-corrected chi connectivity index (χ0v) is 7.38. The van der Waals surface area contributed by atoms with E-state index in [0.717, 1.165) is 11.3 Å². The van der Waals surface area contributed by atoms with Gasteiger partial charge in [-0.05, 0) is 5.56 Å². The van der Waals surface area contributed by atoms with E-state index < -0.39 is 6.29 Å². The fraction of sp³-hybridized carbons (Fsp3) is 0.100. The number of hydrogen-bond acceptors (Lipinski definition) is 3. The summed E-state index contributed by atoms with van der Waals surface area (Å²) in [6.45, 7) is 0. The van der Waals surface area contributed by atoms with Crippen LogP contribution < -0.4 is 0 Å². The highest BCUT2D eigenvalue weighted by Gasteiger charge is 2.07. The van der Waals surface area contributed by atoms with Crippen molar-refractivity contribution in [2.75, 3.05) is 0 Å². The Bertz CT molecular complexity index is 409. The molecule has 72 valence electrons. The maximum Gasteiger partial charge on any atom is 0.212 e. The van der Waals surface area contributed by atoms with Crippen molar-refractivity contribution >= 4 is 0 Å². The number of aromatic amines is 1. The molecule has 0 spiro atoms. The largest absolute Gasteiger partial charge is 0.362 e. The number of H-pyrrole nitrogens is 1. The second-order valence-electron chi connectivity index (χ2n) is 2.92. The van der Waals surface area contributed by atoms with Crippen LogP contribution in [0.2, 0.25) is 0 Å². The molecule has 1 heterocycles. The Morgan fingerprint density at radius 2 is 1.86 bits per heavy atom. The van der Waals surface area contributed by atoms with Gasteiger partial charge in [-0.15, -0.1) is 0 Å². The van der Waals surface area contributed by atoms with Crippen molar-refractivity contribution in [2.45, 2.75) is 6.29 Å². The number of aromatic nitrogens is 2. The highest BCUT2D eigenvalue weighted by molar-refractivity contribution is 5.57. The first-order valence-corrected chi connectivity index (χ1v) is 4.24. The number of rotatable bonds is 2. The second-order valence-corrected chi connectivity index (χ2v) is 2.92. The minimum atomic E-state index is -1.55. The molecular weight excluding hydrogens is 180 g/mol. The van der Waals surface area contributed by atoms with E-state index in [1.165, 1.54) is 0 Å². The van der Waals surface area contributed by atoms with Crippen LogP contribution in [0.15, 0.2) is 36.5 Å². The van der Waals surface area contributed by atoms with Gasteiger partial charge in [0.15, 0.2) is 5.82 Å². The summed E-state index contributed by atoms with van der Waals surface area (Å²) in [6.07, 6.45) is 0.0249. The van der Waals surface area contributed by atoms with Crippen molar-refractivity contribution in [3.63, 3.8) is 0 Å². The molecule has 0 aliphatic carbocycles. The van der Waals surface area contributed by atoms with E-state index in [0.29, 0.717) is 0 Å². The van der Waals surface area contributed by atoms with Gasteiger partial charge in [0.2, 0.25) is 6.29 Å². The average molecular weight is 190 g/mol. The molecule has 0 saturated carbocycles. The fourth-order valence-corrected chi connectivity index (χ4v) is 1.23. The Balaban J connectivity index is 2.34. The van der Waals surface area contributed by atoms with Crippen molar-refractivity contribution in [1.29, 1.82) is 0 Å². The Morgan fingerprint density at radius 3 is 2.43 bits per heavy atom. The SMILES string of the molecule is OC(O)c1ncc(-c2ccccc2)[nH]1. The van der Waals surface area contributed by atoms with E-state index in [4.69, 9.17) is 10.2 Å². The molecular formula is C10H10N2O2. The zero-order chi connectivity index (χ0) is 9.97. The van der Waals surface area contributed by atoms with Gasteiger partial charge in [-0.25, -0.2) is 4.98 Å². The van der Waals surface area contributed by atoms with Gasteiger partial charge in [-0.2, -0.15) is 0 Å². The topological polar surface area (TPSA) is 69.1 Å². The number of hydrogen-bond donors (Lipinski definition) is 3. The molecule has 0 amide bonds. The Hall–Kier alpha value is -1.65. The lowest BCUT2D eigenvalue weighted by Crippen LogP contribution is -1.96. The maximum absolute atomic E-state index is 8.85. The molecule has 1 aromatic heterocycles. The van der Waals surface area contributed by atoms with Crippen molar-refractivity contribution in [2.24, 2.45) is 0 Å². The Kier molecular flexibility index (Phi) is 2.30. The fourth-order valence-electron chi connectivity index (χ4n) is 1.23. The van der Waals surface area contributed by atoms with Crippen LogP contribution in [0.5, 0.6) is 0 Å². The zero-order valence-electron chi connectivity index (χ0n) is 7.38. The van der Waals surface area contributed by atoms with Gasteiger partial charge in [-0.1, -0.05) is 30.3 Å². The van der Waals surface area contributed by atoms with E-state index in [9.17, 15) is 0 Å². The molecule has 4 nitrogen and oxygen atoms in total. The molecule has 0 saturated heterocycles. The quantitative estimate of drug-likeness (QED) is 0.620. The van der Waals surface area contributed by atoms with Crippen molar-refractivity contribution in [3.8, 4) is 11.3 Å². The van der Waals surface area contributed by atoms with Crippen LogP contribution in [0.1, 0.15) is 12.1 Å². The Labute approximate surface area is 80.9 Å². The molecule has 0 bridgehead atoms. The molecule has 0 atom stereocenters. The number of aliphatic hydroxyl groups is 2. The first-order chi connectivity index (χ1) is 6.77. The number of benzene rings is 1. The van der Waals surface area contributed by atoms with Crippen LogP contribution in [0.25, 0.3) is 11.3 Å². The molecule has 2 aromatic rings. The van der Waals surface area contributed by atoms with Gasteiger partial charge < -0.3 is 15.2 Å². The summed E-state index contributed by atoms with van der Waals surface area (Å²) in [4.78, 5) is 6.65. The van der Waals surface area contributed by atoms with Crippen LogP contribution in [-0.2, 0) is 0 Å². The van der Waals surface area contributed by atoms with Crippen LogP contribution >= 0.6 is 0 Å².